The number of halogens is 4. The van der Waals surface area contributed by atoms with Crippen LogP contribution in [0.1, 0.15) is 53.6 Å². The van der Waals surface area contributed by atoms with Crippen molar-refractivity contribution in [3.63, 3.8) is 0 Å². The first-order chi connectivity index (χ1) is 20.6. The van der Waals surface area contributed by atoms with Gasteiger partial charge in [-0.2, -0.15) is 0 Å². The lowest BCUT2D eigenvalue weighted by Crippen LogP contribution is -2.10. The molecule has 2 N–H and O–H groups in total. The van der Waals surface area contributed by atoms with E-state index in [1.54, 1.807) is 16.7 Å². The molecule has 43 heavy (non-hydrogen) atoms. The van der Waals surface area contributed by atoms with E-state index in [1.807, 2.05) is 49.4 Å². The predicted octanol–water partition coefficient (Wildman–Crippen LogP) is 7.57. The Hall–Kier alpha value is -4.60. The molecule has 0 saturated heterocycles. The third-order valence-electron chi connectivity index (χ3n) is 7.24. The van der Waals surface area contributed by atoms with Gasteiger partial charge in [0.1, 0.15) is 12.3 Å². The van der Waals surface area contributed by atoms with Crippen molar-refractivity contribution in [1.29, 1.82) is 0 Å². The number of carboxylic acids is 2. The number of aryl methyl sites for hydroxylation is 2. The molecular weight excluding hydrogens is 566 g/mol. The van der Waals surface area contributed by atoms with Crippen LogP contribution in [-0.2, 0) is 29.0 Å². The van der Waals surface area contributed by atoms with Gasteiger partial charge in [0.05, 0.1) is 12.1 Å². The highest BCUT2D eigenvalue weighted by atomic mass is 19.2. The van der Waals surface area contributed by atoms with Crippen LogP contribution in [0.15, 0.2) is 48.5 Å². The number of carbonyl (C=O) groups is 2. The van der Waals surface area contributed by atoms with Crippen LogP contribution in [-0.4, -0.2) is 33.3 Å². The van der Waals surface area contributed by atoms with Gasteiger partial charge in [0.25, 0.3) is 0 Å². The minimum atomic E-state index is -1.82. The van der Waals surface area contributed by atoms with Crippen molar-refractivity contribution in [3.05, 3.63) is 99.7 Å². The second-order valence-electron chi connectivity index (χ2n) is 10.2. The maximum Gasteiger partial charge on any atom is 0.323 e. The molecule has 0 aliphatic heterocycles. The zero-order valence-corrected chi connectivity index (χ0v) is 23.5. The van der Waals surface area contributed by atoms with Crippen LogP contribution >= 0.6 is 0 Å². The molecule has 0 spiro atoms. The molecule has 6 nitrogen and oxygen atoms in total. The number of ether oxygens (including phenoxy) is 1. The zero-order chi connectivity index (χ0) is 31.1. The van der Waals surface area contributed by atoms with Crippen molar-refractivity contribution in [1.82, 2.24) is 4.57 Å². The molecule has 1 aromatic heterocycles. The van der Waals surface area contributed by atoms with Crippen molar-refractivity contribution in [3.8, 4) is 5.75 Å². The summed E-state index contributed by atoms with van der Waals surface area (Å²) in [6, 6.07) is 13.6. The number of hydrogen-bond acceptors (Lipinski definition) is 3. The van der Waals surface area contributed by atoms with E-state index in [4.69, 9.17) is 9.84 Å². The van der Waals surface area contributed by atoms with Crippen LogP contribution in [0.3, 0.4) is 0 Å². The van der Waals surface area contributed by atoms with Gasteiger partial charge in [0, 0.05) is 17.5 Å². The summed E-state index contributed by atoms with van der Waals surface area (Å²) in [4.78, 5) is 22.6. The van der Waals surface area contributed by atoms with E-state index in [2.05, 4.69) is 0 Å². The lowest BCUT2D eigenvalue weighted by atomic mass is 10.0. The highest BCUT2D eigenvalue weighted by Gasteiger charge is 2.19. The molecule has 4 aromatic rings. The summed E-state index contributed by atoms with van der Waals surface area (Å²) in [5.41, 5.74) is 3.99. The lowest BCUT2D eigenvalue weighted by molar-refractivity contribution is -0.138. The van der Waals surface area contributed by atoms with E-state index in [1.165, 1.54) is 0 Å². The number of benzene rings is 3. The number of aliphatic carboxylic acids is 2. The fourth-order valence-corrected chi connectivity index (χ4v) is 5.10. The molecule has 4 rings (SSSR count). The van der Waals surface area contributed by atoms with Crippen molar-refractivity contribution < 1.29 is 42.1 Å². The van der Waals surface area contributed by atoms with E-state index in [9.17, 15) is 32.3 Å². The molecule has 10 heteroatoms. The Balaban J connectivity index is 1.40. The van der Waals surface area contributed by atoms with Gasteiger partial charge in [-0.25, -0.2) is 17.6 Å². The summed E-state index contributed by atoms with van der Waals surface area (Å²) in [5.74, 6) is -7.67. The Labute approximate surface area is 245 Å². The summed E-state index contributed by atoms with van der Waals surface area (Å²) in [6.45, 7) is 1.93. The van der Waals surface area contributed by atoms with Gasteiger partial charge in [-0.15, -0.1) is 0 Å². The Morgan fingerprint density at radius 1 is 0.860 bits per heavy atom. The topological polar surface area (TPSA) is 88.8 Å². The van der Waals surface area contributed by atoms with Crippen LogP contribution in [0.25, 0.3) is 23.1 Å². The van der Waals surface area contributed by atoms with Crippen LogP contribution in [0.5, 0.6) is 5.75 Å². The Bertz CT molecular complexity index is 1660. The smallest absolute Gasteiger partial charge is 0.323 e. The molecule has 226 valence electrons. The summed E-state index contributed by atoms with van der Waals surface area (Å²) in [7, 11) is 0. The maximum atomic E-state index is 13.8. The zero-order valence-electron chi connectivity index (χ0n) is 23.5. The van der Waals surface area contributed by atoms with Crippen LogP contribution in [0.4, 0.5) is 17.6 Å². The molecule has 0 atom stereocenters. The fourth-order valence-electron chi connectivity index (χ4n) is 5.10. The maximum absolute atomic E-state index is 13.8. The van der Waals surface area contributed by atoms with Crippen molar-refractivity contribution in [2.75, 3.05) is 6.61 Å². The van der Waals surface area contributed by atoms with E-state index >= 15 is 0 Å². The minimum Gasteiger partial charge on any atom is -0.494 e. The molecule has 0 unspecified atom stereocenters. The predicted molar refractivity (Wildman–Crippen MR) is 155 cm³/mol. The molecule has 0 saturated carbocycles. The first-order valence-corrected chi connectivity index (χ1v) is 13.8. The van der Waals surface area contributed by atoms with Crippen molar-refractivity contribution in [2.24, 2.45) is 0 Å². The highest BCUT2D eigenvalue weighted by molar-refractivity contribution is 5.95. The first-order valence-electron chi connectivity index (χ1n) is 13.8. The van der Waals surface area contributed by atoms with E-state index in [0.717, 1.165) is 33.3 Å². The van der Waals surface area contributed by atoms with Gasteiger partial charge in [0.2, 0.25) is 0 Å². The average Bonchev–Trinajstić information content (AvgIpc) is 3.23. The Morgan fingerprint density at radius 3 is 2.30 bits per heavy atom. The fraction of sp³-hybridized carbons (Fsp3) is 0.273. The number of rotatable bonds is 14. The monoisotopic (exact) mass is 597 g/mol. The first kappa shape index (κ1) is 31.3. The molecule has 0 radical (unpaired) electrons. The number of para-hydroxylation sites is 1. The standard InChI is InChI=1S/C33H31F4NO5/c1-20-25(8-5-10-28(39)40)26-9-4-7-22(33(26)38(20)19-29(41)42)14-11-21-12-15-24(16-13-21)43-17-3-2-6-23-18-27(34)31(36)32(37)30(23)35/h4,7,9,11-16,18H,2-3,5-6,8,10,17,19H2,1H3,(H,39,40)(H,41,42)/b14-11+. The van der Waals surface area contributed by atoms with E-state index in [-0.39, 0.29) is 24.9 Å². The van der Waals surface area contributed by atoms with Crippen molar-refractivity contribution in [2.45, 2.75) is 52.0 Å². The molecule has 0 amide bonds. The summed E-state index contributed by atoms with van der Waals surface area (Å²) in [5, 5.41) is 19.5. The second kappa shape index (κ2) is 14.0. The SMILES string of the molecule is Cc1c(CCCC(=O)O)c2cccc(/C=C/c3ccc(OCCCCc4cc(F)c(F)c(F)c4F)cc3)c2n1CC(=O)O. The highest BCUT2D eigenvalue weighted by Crippen LogP contribution is 2.31. The number of carboxylic acid groups (broad SMARTS) is 2. The second-order valence-corrected chi connectivity index (χ2v) is 10.2. The number of unbranched alkanes of at least 4 members (excludes halogenated alkanes) is 1. The minimum absolute atomic E-state index is 0.0305. The third-order valence-corrected chi connectivity index (χ3v) is 7.24. The average molecular weight is 598 g/mol. The summed E-state index contributed by atoms with van der Waals surface area (Å²) in [6.07, 6.45) is 5.71. The Kier molecular flexibility index (Phi) is 10.2. The van der Waals surface area contributed by atoms with E-state index in [0.29, 0.717) is 44.1 Å². The van der Waals surface area contributed by atoms with Gasteiger partial charge in [-0.05, 0) is 79.5 Å². The molecule has 1 heterocycles. The van der Waals surface area contributed by atoms with Crippen molar-refractivity contribution >= 4 is 35.0 Å². The quantitative estimate of drug-likeness (QED) is 0.0515. The number of nitrogens with zero attached hydrogens (tertiary/aromatic N) is 1. The van der Waals surface area contributed by atoms with Gasteiger partial charge >= 0.3 is 11.9 Å². The largest absolute Gasteiger partial charge is 0.494 e. The molecule has 0 aliphatic carbocycles. The van der Waals surface area contributed by atoms with Gasteiger partial charge in [0.15, 0.2) is 23.3 Å². The molecule has 3 aromatic carbocycles. The Morgan fingerprint density at radius 2 is 1.60 bits per heavy atom. The lowest BCUT2D eigenvalue weighted by Gasteiger charge is -2.08. The molecule has 0 bridgehead atoms. The number of hydrogen-bond donors (Lipinski definition) is 2. The molecular formula is C33H31F4NO5. The number of aromatic nitrogens is 1. The van der Waals surface area contributed by atoms with Crippen LogP contribution in [0.2, 0.25) is 0 Å². The van der Waals surface area contributed by atoms with Gasteiger partial charge < -0.3 is 19.5 Å². The normalized spacial score (nSPS) is 11.5. The van der Waals surface area contributed by atoms with E-state index < -0.39 is 35.2 Å². The van der Waals surface area contributed by atoms with Gasteiger partial charge in [-0.3, -0.25) is 9.59 Å². The summed E-state index contributed by atoms with van der Waals surface area (Å²) < 4.78 is 61.1. The third kappa shape index (κ3) is 7.63. The summed E-state index contributed by atoms with van der Waals surface area (Å²) >= 11 is 0. The molecule has 0 fully saturated rings. The number of fused-ring (bicyclic) bond motifs is 1. The van der Waals surface area contributed by atoms with Gasteiger partial charge in [-0.1, -0.05) is 42.5 Å². The van der Waals surface area contributed by atoms with Crippen LogP contribution in [0, 0.1) is 30.2 Å². The molecule has 0 aliphatic rings. The van der Waals surface area contributed by atoms with Crippen LogP contribution < -0.4 is 4.74 Å².